The summed E-state index contributed by atoms with van der Waals surface area (Å²) in [7, 11) is 0. The van der Waals surface area contributed by atoms with E-state index in [4.69, 9.17) is 4.42 Å². The summed E-state index contributed by atoms with van der Waals surface area (Å²) >= 11 is 0. The number of rotatable bonds is 3. The Labute approximate surface area is 89.1 Å². The number of hydrogen-bond donors (Lipinski definition) is 1. The maximum absolute atomic E-state index is 9.50. The van der Waals surface area contributed by atoms with Gasteiger partial charge in [-0.05, 0) is 19.4 Å². The largest absolute Gasteiger partial charge is 0.424 e. The average Bonchev–Trinajstić information content (AvgIpc) is 2.65. The van der Waals surface area contributed by atoms with E-state index in [2.05, 4.69) is 15.1 Å². The number of aromatic nitrogens is 2. The normalized spacial score (nSPS) is 23.2. The first-order valence-electron chi connectivity index (χ1n) is 5.49. The van der Waals surface area contributed by atoms with Crippen molar-refractivity contribution in [2.45, 2.75) is 38.8 Å². The number of aliphatic hydroxyl groups excluding tert-OH is 1. The highest BCUT2D eigenvalue weighted by atomic mass is 16.4. The summed E-state index contributed by atoms with van der Waals surface area (Å²) in [5.74, 6) is 1.34. The summed E-state index contributed by atoms with van der Waals surface area (Å²) in [4.78, 5) is 2.15. The number of piperidine rings is 1. The van der Waals surface area contributed by atoms with Crippen molar-refractivity contribution in [2.24, 2.45) is 0 Å². The molecule has 1 saturated heterocycles. The molecule has 1 N–H and O–H groups in total. The third-order valence-corrected chi connectivity index (χ3v) is 2.65. The van der Waals surface area contributed by atoms with E-state index < -0.39 is 0 Å². The number of likely N-dealkylation sites (tertiary alicyclic amines) is 1. The van der Waals surface area contributed by atoms with E-state index in [-0.39, 0.29) is 6.10 Å². The predicted octanol–water partition coefficient (Wildman–Crippen LogP) is 0.589. The number of hydrogen-bond acceptors (Lipinski definition) is 5. The number of aryl methyl sites for hydroxylation is 1. The third-order valence-electron chi connectivity index (χ3n) is 2.65. The zero-order valence-corrected chi connectivity index (χ0v) is 9.02. The van der Waals surface area contributed by atoms with Gasteiger partial charge >= 0.3 is 0 Å². The smallest absolute Gasteiger partial charge is 0.230 e. The van der Waals surface area contributed by atoms with Crippen LogP contribution in [0, 0.1) is 0 Å². The van der Waals surface area contributed by atoms with E-state index in [1.165, 1.54) is 0 Å². The fraction of sp³-hybridized carbons (Fsp3) is 0.800. The van der Waals surface area contributed by atoms with Gasteiger partial charge in [0.1, 0.15) is 0 Å². The molecule has 0 saturated carbocycles. The molecule has 1 aromatic heterocycles. The van der Waals surface area contributed by atoms with Crippen LogP contribution in [0.4, 0.5) is 0 Å². The molecule has 1 aromatic rings. The van der Waals surface area contributed by atoms with Crippen LogP contribution < -0.4 is 0 Å². The minimum atomic E-state index is -0.202. The zero-order chi connectivity index (χ0) is 10.7. The van der Waals surface area contributed by atoms with E-state index in [0.29, 0.717) is 24.9 Å². The molecule has 1 aliphatic heterocycles. The van der Waals surface area contributed by atoms with E-state index in [0.717, 1.165) is 25.8 Å². The Balaban J connectivity index is 1.90. The van der Waals surface area contributed by atoms with E-state index in [1.54, 1.807) is 0 Å². The van der Waals surface area contributed by atoms with Crippen molar-refractivity contribution in [3.05, 3.63) is 11.8 Å². The second kappa shape index (κ2) is 4.72. The molecule has 0 bridgehead atoms. The molecule has 0 unspecified atom stereocenters. The summed E-state index contributed by atoms with van der Waals surface area (Å²) in [6, 6.07) is 0. The van der Waals surface area contributed by atoms with Crippen molar-refractivity contribution in [1.82, 2.24) is 15.1 Å². The van der Waals surface area contributed by atoms with Gasteiger partial charge < -0.3 is 9.52 Å². The monoisotopic (exact) mass is 211 g/mol. The molecule has 0 spiro atoms. The van der Waals surface area contributed by atoms with Crippen LogP contribution in [0.15, 0.2) is 4.42 Å². The molecule has 0 aliphatic carbocycles. The second-order valence-electron chi connectivity index (χ2n) is 3.97. The molecule has 2 rings (SSSR count). The lowest BCUT2D eigenvalue weighted by Crippen LogP contribution is -2.37. The van der Waals surface area contributed by atoms with Crippen molar-refractivity contribution in [3.8, 4) is 0 Å². The molecule has 1 atom stereocenters. The third kappa shape index (κ3) is 2.76. The van der Waals surface area contributed by atoms with Crippen LogP contribution >= 0.6 is 0 Å². The van der Waals surface area contributed by atoms with Crippen molar-refractivity contribution in [2.75, 3.05) is 13.1 Å². The van der Waals surface area contributed by atoms with Crippen molar-refractivity contribution in [3.63, 3.8) is 0 Å². The van der Waals surface area contributed by atoms with Crippen LogP contribution in [-0.4, -0.2) is 39.4 Å². The van der Waals surface area contributed by atoms with E-state index in [1.807, 2.05) is 6.92 Å². The zero-order valence-electron chi connectivity index (χ0n) is 9.02. The minimum absolute atomic E-state index is 0.202. The van der Waals surface area contributed by atoms with Gasteiger partial charge in [0.15, 0.2) is 0 Å². The van der Waals surface area contributed by atoms with Crippen molar-refractivity contribution < 1.29 is 9.52 Å². The lowest BCUT2D eigenvalue weighted by Gasteiger charge is -2.28. The summed E-state index contributed by atoms with van der Waals surface area (Å²) in [5.41, 5.74) is 0. The van der Waals surface area contributed by atoms with Gasteiger partial charge in [0, 0.05) is 13.0 Å². The summed E-state index contributed by atoms with van der Waals surface area (Å²) < 4.78 is 5.43. The number of nitrogens with zero attached hydrogens (tertiary/aromatic N) is 3. The van der Waals surface area contributed by atoms with Crippen LogP contribution in [0.25, 0.3) is 0 Å². The van der Waals surface area contributed by atoms with Gasteiger partial charge in [-0.25, -0.2) is 0 Å². The van der Waals surface area contributed by atoms with Gasteiger partial charge in [0.25, 0.3) is 0 Å². The first-order valence-corrected chi connectivity index (χ1v) is 5.49. The topological polar surface area (TPSA) is 62.4 Å². The van der Waals surface area contributed by atoms with Gasteiger partial charge in [-0.1, -0.05) is 6.92 Å². The van der Waals surface area contributed by atoms with Crippen molar-refractivity contribution >= 4 is 0 Å². The lowest BCUT2D eigenvalue weighted by molar-refractivity contribution is 0.0622. The molecule has 84 valence electrons. The SMILES string of the molecule is CCc1nnc(CN2CCC[C@H](O)C2)o1. The highest BCUT2D eigenvalue weighted by Gasteiger charge is 2.19. The van der Waals surface area contributed by atoms with Crippen LogP contribution in [0.2, 0.25) is 0 Å². The standard InChI is InChI=1S/C10H17N3O2/c1-2-9-11-12-10(15-9)7-13-5-3-4-8(14)6-13/h8,14H,2-7H2,1H3/t8-/m0/s1. The van der Waals surface area contributed by atoms with Crippen LogP contribution in [0.5, 0.6) is 0 Å². The Morgan fingerprint density at radius 2 is 2.27 bits per heavy atom. The van der Waals surface area contributed by atoms with E-state index in [9.17, 15) is 5.11 Å². The van der Waals surface area contributed by atoms with Crippen molar-refractivity contribution in [1.29, 1.82) is 0 Å². The fourth-order valence-corrected chi connectivity index (χ4v) is 1.86. The van der Waals surface area contributed by atoms with Crippen LogP contribution in [-0.2, 0) is 13.0 Å². The number of aliphatic hydroxyl groups is 1. The molecule has 2 heterocycles. The minimum Gasteiger partial charge on any atom is -0.424 e. The Bertz CT molecular complexity index is 313. The maximum atomic E-state index is 9.50. The van der Waals surface area contributed by atoms with Crippen LogP contribution in [0.1, 0.15) is 31.5 Å². The first-order chi connectivity index (χ1) is 7.28. The first kappa shape index (κ1) is 10.6. The Hall–Kier alpha value is -0.940. The fourth-order valence-electron chi connectivity index (χ4n) is 1.86. The molecule has 5 nitrogen and oxygen atoms in total. The molecular weight excluding hydrogens is 194 g/mol. The molecule has 1 aliphatic rings. The molecule has 0 amide bonds. The summed E-state index contributed by atoms with van der Waals surface area (Å²) in [6.07, 6.45) is 2.51. The lowest BCUT2D eigenvalue weighted by atomic mass is 10.1. The Morgan fingerprint density at radius 3 is 2.93 bits per heavy atom. The summed E-state index contributed by atoms with van der Waals surface area (Å²) in [5, 5.41) is 17.4. The van der Waals surface area contributed by atoms with Gasteiger partial charge in [-0.2, -0.15) is 0 Å². The predicted molar refractivity (Wildman–Crippen MR) is 54.2 cm³/mol. The molecule has 0 aromatic carbocycles. The Kier molecular flexibility index (Phi) is 3.33. The summed E-state index contributed by atoms with van der Waals surface area (Å²) in [6.45, 7) is 4.36. The molecule has 5 heteroatoms. The molecule has 15 heavy (non-hydrogen) atoms. The second-order valence-corrected chi connectivity index (χ2v) is 3.97. The quantitative estimate of drug-likeness (QED) is 0.792. The van der Waals surface area contributed by atoms with Gasteiger partial charge in [0.2, 0.25) is 11.8 Å². The van der Waals surface area contributed by atoms with Gasteiger partial charge in [0.05, 0.1) is 12.6 Å². The van der Waals surface area contributed by atoms with Gasteiger partial charge in [-0.3, -0.25) is 4.90 Å². The highest BCUT2D eigenvalue weighted by Crippen LogP contribution is 2.12. The molecular formula is C10H17N3O2. The number of β-amino-alcohol motifs (C(OH)–C–C–N with tert-alkyl or cyclic N) is 1. The Morgan fingerprint density at radius 1 is 1.47 bits per heavy atom. The highest BCUT2D eigenvalue weighted by molar-refractivity contribution is 4.83. The van der Waals surface area contributed by atoms with Crippen LogP contribution in [0.3, 0.4) is 0 Å². The average molecular weight is 211 g/mol. The van der Waals surface area contributed by atoms with Gasteiger partial charge in [-0.15, -0.1) is 10.2 Å². The van der Waals surface area contributed by atoms with E-state index >= 15 is 0 Å². The maximum Gasteiger partial charge on any atom is 0.230 e. The molecule has 0 radical (unpaired) electrons. The molecule has 1 fully saturated rings.